The number of carbonyl (C=O) groups is 3. The number of aromatic amines is 1. The second-order valence-electron chi connectivity index (χ2n) is 9.00. The molecule has 0 saturated heterocycles. The zero-order chi connectivity index (χ0) is 28.9. The lowest BCUT2D eigenvalue weighted by Crippen LogP contribution is -2.27. The van der Waals surface area contributed by atoms with E-state index in [0.29, 0.717) is 46.2 Å². The van der Waals surface area contributed by atoms with Gasteiger partial charge in [-0.3, -0.25) is 9.59 Å². The Labute approximate surface area is 243 Å². The zero-order valence-electron chi connectivity index (χ0n) is 21.2. The Kier molecular flexibility index (Phi) is 8.22. The molecule has 208 valence electrons. The Morgan fingerprint density at radius 3 is 2.78 bits per heavy atom. The second kappa shape index (κ2) is 12.1. The predicted molar refractivity (Wildman–Crippen MR) is 152 cm³/mol. The molecule has 0 aliphatic carbocycles. The van der Waals surface area contributed by atoms with Crippen LogP contribution in [0, 0.1) is 0 Å². The van der Waals surface area contributed by atoms with E-state index in [1.165, 1.54) is 35.3 Å². The third-order valence-electron chi connectivity index (χ3n) is 6.20. The number of benzene rings is 2. The van der Waals surface area contributed by atoms with Crippen LogP contribution in [0.15, 0.2) is 61.0 Å². The number of aromatic nitrogens is 6. The van der Waals surface area contributed by atoms with Gasteiger partial charge in [-0.05, 0) is 65.7 Å². The molecule has 1 aliphatic rings. The van der Waals surface area contributed by atoms with E-state index < -0.39 is 17.9 Å². The van der Waals surface area contributed by atoms with Crippen LogP contribution in [0.3, 0.4) is 0 Å². The first-order chi connectivity index (χ1) is 19.8. The van der Waals surface area contributed by atoms with Gasteiger partial charge in [0.15, 0.2) is 0 Å². The summed E-state index contributed by atoms with van der Waals surface area (Å²) in [6, 6.07) is 8.76. The topological polar surface area (TPSA) is 168 Å². The normalized spacial score (nSPS) is 15.4. The highest BCUT2D eigenvalue weighted by Crippen LogP contribution is 2.35. The van der Waals surface area contributed by atoms with E-state index in [0.717, 1.165) is 0 Å². The van der Waals surface area contributed by atoms with Crippen molar-refractivity contribution in [2.45, 2.75) is 25.3 Å². The fourth-order valence-corrected chi connectivity index (χ4v) is 4.66. The number of nitrogens with one attached hydrogen (secondary N) is 3. The SMILES string of the molecule is O=C(C=Cc1cc(Cl)ccc1-n1cnnn1)N[C@H]1CC=CCCC(=O)Nc2ccc(C(=O)O)cc2-c2nc1[nH]c2Cl. The van der Waals surface area contributed by atoms with Gasteiger partial charge in [0.05, 0.1) is 23.0 Å². The van der Waals surface area contributed by atoms with Crippen LogP contribution < -0.4 is 10.6 Å². The Hall–Kier alpha value is -4.81. The van der Waals surface area contributed by atoms with Crippen molar-refractivity contribution in [3.8, 4) is 16.9 Å². The number of hydrogen-bond donors (Lipinski definition) is 4. The molecule has 0 spiro atoms. The highest BCUT2D eigenvalue weighted by atomic mass is 35.5. The number of anilines is 1. The molecule has 3 heterocycles. The molecule has 4 N–H and O–H groups in total. The van der Waals surface area contributed by atoms with Crippen molar-refractivity contribution in [3.63, 3.8) is 0 Å². The number of H-pyrrole nitrogens is 1. The summed E-state index contributed by atoms with van der Waals surface area (Å²) in [5.74, 6) is -1.46. The minimum Gasteiger partial charge on any atom is -0.478 e. The van der Waals surface area contributed by atoms with Crippen molar-refractivity contribution < 1.29 is 19.5 Å². The Bertz CT molecular complexity index is 1680. The van der Waals surface area contributed by atoms with Crippen LogP contribution in [0.1, 0.15) is 47.1 Å². The molecule has 14 heteroatoms. The molecule has 1 atom stereocenters. The quantitative estimate of drug-likeness (QED) is 0.192. The molecule has 2 amide bonds. The highest BCUT2D eigenvalue weighted by Gasteiger charge is 2.23. The van der Waals surface area contributed by atoms with Crippen molar-refractivity contribution in [2.75, 3.05) is 5.32 Å². The third kappa shape index (κ3) is 6.51. The number of nitrogens with zero attached hydrogens (tertiary/aromatic N) is 5. The molecule has 2 aromatic carbocycles. The predicted octanol–water partition coefficient (Wildman–Crippen LogP) is 4.61. The Morgan fingerprint density at radius 1 is 1.15 bits per heavy atom. The maximum atomic E-state index is 13.1. The van der Waals surface area contributed by atoms with Gasteiger partial charge in [-0.25, -0.2) is 9.78 Å². The summed E-state index contributed by atoms with van der Waals surface area (Å²) in [5.41, 5.74) is 2.18. The van der Waals surface area contributed by atoms with Gasteiger partial charge in [0.2, 0.25) is 11.8 Å². The molecule has 5 rings (SSSR count). The van der Waals surface area contributed by atoms with Gasteiger partial charge in [-0.15, -0.1) is 5.10 Å². The lowest BCUT2D eigenvalue weighted by Gasteiger charge is -2.14. The number of rotatable bonds is 5. The molecule has 0 fully saturated rings. The lowest BCUT2D eigenvalue weighted by atomic mass is 10.1. The maximum absolute atomic E-state index is 13.1. The number of carboxylic acid groups (broad SMARTS) is 1. The first-order valence-corrected chi connectivity index (χ1v) is 13.1. The van der Waals surface area contributed by atoms with E-state index in [1.807, 2.05) is 12.2 Å². The molecule has 4 aromatic rings. The van der Waals surface area contributed by atoms with E-state index in [9.17, 15) is 19.5 Å². The number of tetrazole rings is 1. The van der Waals surface area contributed by atoms with Crippen molar-refractivity contribution >= 4 is 52.7 Å². The second-order valence-corrected chi connectivity index (χ2v) is 9.81. The van der Waals surface area contributed by atoms with Gasteiger partial charge in [0.25, 0.3) is 0 Å². The summed E-state index contributed by atoms with van der Waals surface area (Å²) in [5, 5.41) is 27.0. The van der Waals surface area contributed by atoms with Crippen molar-refractivity contribution in [1.82, 2.24) is 35.5 Å². The molecular formula is C27H22Cl2N8O4. The summed E-state index contributed by atoms with van der Waals surface area (Å²) in [6.45, 7) is 0. The highest BCUT2D eigenvalue weighted by molar-refractivity contribution is 6.32. The standard InChI is InChI=1S/C27H22Cl2N8O4/c28-17-8-10-21(37-14-30-35-36-37)15(12-17)7-11-23(39)32-20-4-2-1-3-5-22(38)31-19-9-6-16(27(40)41)13-18(19)24-25(29)34-26(20)33-24/h1-2,6-14,20H,3-5H2,(H,31,38)(H,32,39)(H,33,34)(H,40,41)/t20-/m0/s1. The van der Waals surface area contributed by atoms with Gasteiger partial charge < -0.3 is 20.7 Å². The van der Waals surface area contributed by atoms with E-state index >= 15 is 0 Å². The van der Waals surface area contributed by atoms with Crippen LogP contribution in [-0.2, 0) is 9.59 Å². The Balaban J connectivity index is 1.46. The van der Waals surface area contributed by atoms with E-state index in [1.54, 1.807) is 24.3 Å². The first kappa shape index (κ1) is 27.7. The number of carboxylic acids is 1. The van der Waals surface area contributed by atoms with Gasteiger partial charge in [0, 0.05) is 28.6 Å². The average Bonchev–Trinajstić information content (AvgIpc) is 3.61. The molecule has 2 bridgehead atoms. The van der Waals surface area contributed by atoms with Gasteiger partial charge >= 0.3 is 5.97 Å². The average molecular weight is 593 g/mol. The summed E-state index contributed by atoms with van der Waals surface area (Å²) < 4.78 is 1.45. The number of hydrogen-bond acceptors (Lipinski definition) is 7. The van der Waals surface area contributed by atoms with Crippen molar-refractivity contribution in [3.05, 3.63) is 88.1 Å². The monoisotopic (exact) mass is 592 g/mol. The summed E-state index contributed by atoms with van der Waals surface area (Å²) in [6.07, 6.45) is 9.08. The van der Waals surface area contributed by atoms with Gasteiger partial charge in [-0.2, -0.15) is 4.68 Å². The molecule has 0 saturated carbocycles. The molecular weight excluding hydrogens is 571 g/mol. The van der Waals surface area contributed by atoms with Gasteiger partial charge in [-0.1, -0.05) is 35.4 Å². The Morgan fingerprint density at radius 2 is 2.00 bits per heavy atom. The molecule has 0 unspecified atom stereocenters. The minimum absolute atomic E-state index is 0.00153. The summed E-state index contributed by atoms with van der Waals surface area (Å²) >= 11 is 12.7. The van der Waals surface area contributed by atoms with Crippen LogP contribution in [0.2, 0.25) is 10.2 Å². The summed E-state index contributed by atoms with van der Waals surface area (Å²) in [4.78, 5) is 44.8. The molecule has 1 aliphatic heterocycles. The number of aromatic carboxylic acids is 1. The fraction of sp³-hybridized carbons (Fsp3) is 0.148. The number of amides is 2. The van der Waals surface area contributed by atoms with Crippen LogP contribution in [0.5, 0.6) is 0 Å². The molecule has 2 aromatic heterocycles. The minimum atomic E-state index is -1.14. The molecule has 0 radical (unpaired) electrons. The van der Waals surface area contributed by atoms with E-state index in [2.05, 4.69) is 36.1 Å². The van der Waals surface area contributed by atoms with Gasteiger partial charge in [0.1, 0.15) is 23.0 Å². The number of halogens is 2. The fourth-order valence-electron chi connectivity index (χ4n) is 4.24. The van der Waals surface area contributed by atoms with E-state index in [-0.39, 0.29) is 28.7 Å². The van der Waals surface area contributed by atoms with Crippen LogP contribution in [-0.4, -0.2) is 53.1 Å². The van der Waals surface area contributed by atoms with Crippen LogP contribution in [0.25, 0.3) is 23.0 Å². The lowest BCUT2D eigenvalue weighted by molar-refractivity contribution is -0.117. The molecule has 41 heavy (non-hydrogen) atoms. The van der Waals surface area contributed by atoms with Crippen LogP contribution >= 0.6 is 23.2 Å². The largest absolute Gasteiger partial charge is 0.478 e. The summed E-state index contributed by atoms with van der Waals surface area (Å²) in [7, 11) is 0. The van der Waals surface area contributed by atoms with E-state index in [4.69, 9.17) is 23.2 Å². The first-order valence-electron chi connectivity index (χ1n) is 12.4. The number of fused-ring (bicyclic) bond motifs is 4. The number of carbonyl (C=O) groups excluding carboxylic acids is 2. The number of allylic oxidation sites excluding steroid dienone is 1. The smallest absolute Gasteiger partial charge is 0.335 e. The van der Waals surface area contributed by atoms with Crippen LogP contribution in [0.4, 0.5) is 5.69 Å². The van der Waals surface area contributed by atoms with Crippen molar-refractivity contribution in [1.29, 1.82) is 0 Å². The maximum Gasteiger partial charge on any atom is 0.335 e. The van der Waals surface area contributed by atoms with Crippen molar-refractivity contribution in [2.24, 2.45) is 0 Å². The number of imidazole rings is 1. The third-order valence-corrected chi connectivity index (χ3v) is 6.71. The zero-order valence-corrected chi connectivity index (χ0v) is 22.7. The molecule has 12 nitrogen and oxygen atoms in total.